The number of carbonyl (C=O) groups is 1. The zero-order valence-electron chi connectivity index (χ0n) is 15.9. The summed E-state index contributed by atoms with van der Waals surface area (Å²) in [6, 6.07) is 19.5. The molecule has 1 atom stereocenters. The second-order valence-electron chi connectivity index (χ2n) is 7.00. The number of Topliss-reactive ketones (excluding diaryl/α,β-unsaturated/α-hetero) is 1. The maximum Gasteiger partial charge on any atom is 0.169 e. The Bertz CT molecular complexity index is 743. The number of nitrogens with one attached hydrogen (secondary N) is 2. The Kier molecular flexibility index (Phi) is 6.96. The number of carbonyl (C=O) groups excluding carboxylic acids is 1. The molecule has 4 nitrogen and oxygen atoms in total. The molecule has 0 amide bonds. The fourth-order valence-electron chi connectivity index (χ4n) is 3.48. The highest BCUT2D eigenvalue weighted by Crippen LogP contribution is 2.20. The van der Waals surface area contributed by atoms with Crippen LogP contribution < -0.4 is 10.2 Å². The van der Waals surface area contributed by atoms with Gasteiger partial charge in [0.15, 0.2) is 10.9 Å². The van der Waals surface area contributed by atoms with Gasteiger partial charge in [0.25, 0.3) is 0 Å². The van der Waals surface area contributed by atoms with E-state index in [0.717, 1.165) is 49.0 Å². The quantitative estimate of drug-likeness (QED) is 0.593. The Morgan fingerprint density at radius 1 is 1.07 bits per heavy atom. The van der Waals surface area contributed by atoms with Crippen molar-refractivity contribution in [3.05, 3.63) is 71.8 Å². The molecule has 0 unspecified atom stereocenters. The van der Waals surface area contributed by atoms with Crippen molar-refractivity contribution in [3.63, 3.8) is 0 Å². The van der Waals surface area contributed by atoms with Crippen LogP contribution in [0.15, 0.2) is 60.7 Å². The van der Waals surface area contributed by atoms with Crippen LogP contribution >= 0.6 is 12.2 Å². The first-order chi connectivity index (χ1) is 13.2. The number of nitrogens with zero attached hydrogens (tertiary/aromatic N) is 1. The Balaban J connectivity index is 1.69. The van der Waals surface area contributed by atoms with Gasteiger partial charge in [0.05, 0.1) is 38.8 Å². The van der Waals surface area contributed by atoms with E-state index < -0.39 is 0 Å². The molecule has 2 N–H and O–H groups in total. The number of rotatable bonds is 6. The maximum absolute atomic E-state index is 12.8. The van der Waals surface area contributed by atoms with Crippen LogP contribution in [0.4, 0.5) is 0 Å². The molecule has 2 aromatic carbocycles. The monoisotopic (exact) mass is 382 g/mol. The van der Waals surface area contributed by atoms with Crippen LogP contribution in [0, 0.1) is 0 Å². The maximum atomic E-state index is 12.8. The highest BCUT2D eigenvalue weighted by molar-refractivity contribution is 7.80. The van der Waals surface area contributed by atoms with Gasteiger partial charge in [0.2, 0.25) is 0 Å². The van der Waals surface area contributed by atoms with E-state index >= 15 is 0 Å². The van der Waals surface area contributed by atoms with Crippen LogP contribution in [0.1, 0.15) is 35.3 Å². The van der Waals surface area contributed by atoms with E-state index in [9.17, 15) is 4.79 Å². The number of benzene rings is 2. The van der Waals surface area contributed by atoms with Gasteiger partial charge in [-0.2, -0.15) is 0 Å². The van der Waals surface area contributed by atoms with Gasteiger partial charge in [-0.3, -0.25) is 4.79 Å². The lowest BCUT2D eigenvalue weighted by atomic mass is 9.98. The summed E-state index contributed by atoms with van der Waals surface area (Å²) in [6.07, 6.45) is 0.383. The molecule has 1 aliphatic rings. The summed E-state index contributed by atoms with van der Waals surface area (Å²) < 4.78 is 0. The van der Waals surface area contributed by atoms with E-state index in [-0.39, 0.29) is 11.8 Å². The molecule has 0 bridgehead atoms. The minimum absolute atomic E-state index is 0.122. The summed E-state index contributed by atoms with van der Waals surface area (Å²) in [5, 5.41) is 4.21. The average Bonchev–Trinajstić information content (AvgIpc) is 2.74. The minimum Gasteiger partial charge on any atom is -0.355 e. The number of thiocarbonyl (C=S) groups is 1. The molecule has 1 saturated heterocycles. The number of hydrogen-bond donors (Lipinski definition) is 2. The van der Waals surface area contributed by atoms with Crippen LogP contribution in [-0.2, 0) is 0 Å². The molecule has 0 saturated carbocycles. The van der Waals surface area contributed by atoms with Crippen molar-refractivity contribution < 1.29 is 9.69 Å². The van der Waals surface area contributed by atoms with E-state index in [1.807, 2.05) is 48.5 Å². The highest BCUT2D eigenvalue weighted by atomic mass is 32.1. The number of quaternary nitrogens is 1. The molecule has 3 rings (SSSR count). The van der Waals surface area contributed by atoms with E-state index in [1.54, 1.807) is 4.90 Å². The van der Waals surface area contributed by atoms with Gasteiger partial charge in [-0.1, -0.05) is 60.7 Å². The van der Waals surface area contributed by atoms with Gasteiger partial charge in [0.1, 0.15) is 0 Å². The lowest BCUT2D eigenvalue weighted by molar-refractivity contribution is -0.902. The van der Waals surface area contributed by atoms with Crippen molar-refractivity contribution in [1.29, 1.82) is 0 Å². The zero-order valence-corrected chi connectivity index (χ0v) is 16.7. The average molecular weight is 383 g/mol. The number of hydrogen-bond acceptors (Lipinski definition) is 2. The predicted molar refractivity (Wildman–Crippen MR) is 113 cm³/mol. The Morgan fingerprint density at radius 3 is 2.26 bits per heavy atom. The van der Waals surface area contributed by atoms with Gasteiger partial charge >= 0.3 is 0 Å². The van der Waals surface area contributed by atoms with Crippen molar-refractivity contribution in [2.24, 2.45) is 0 Å². The van der Waals surface area contributed by atoms with Crippen LogP contribution in [-0.4, -0.2) is 48.5 Å². The summed E-state index contributed by atoms with van der Waals surface area (Å²) in [4.78, 5) is 16.6. The molecule has 142 valence electrons. The summed E-state index contributed by atoms with van der Waals surface area (Å²) in [5.74, 6) is 0.125. The third-order valence-corrected chi connectivity index (χ3v) is 5.62. The summed E-state index contributed by atoms with van der Waals surface area (Å²) in [6.45, 7) is 7.52. The molecule has 0 aromatic heterocycles. The van der Waals surface area contributed by atoms with Crippen molar-refractivity contribution in [1.82, 2.24) is 10.2 Å². The molecule has 0 aliphatic carbocycles. The highest BCUT2D eigenvalue weighted by Gasteiger charge is 2.24. The lowest BCUT2D eigenvalue weighted by Gasteiger charge is -2.34. The third-order valence-electron chi connectivity index (χ3n) is 5.24. The van der Waals surface area contributed by atoms with Crippen molar-refractivity contribution in [2.45, 2.75) is 19.4 Å². The topological polar surface area (TPSA) is 36.8 Å². The number of likely N-dealkylation sites (N-methyl/N-ethyl adjacent to an activating group) is 1. The molecular weight excluding hydrogens is 354 g/mol. The first-order valence-corrected chi connectivity index (χ1v) is 10.1. The Morgan fingerprint density at radius 2 is 1.67 bits per heavy atom. The fraction of sp³-hybridized carbons (Fsp3) is 0.364. The number of piperazine rings is 1. The van der Waals surface area contributed by atoms with E-state index in [0.29, 0.717) is 6.42 Å². The van der Waals surface area contributed by atoms with E-state index in [4.69, 9.17) is 12.2 Å². The second-order valence-corrected chi connectivity index (χ2v) is 7.38. The minimum atomic E-state index is -0.122. The summed E-state index contributed by atoms with van der Waals surface area (Å²) in [5.41, 5.74) is 1.83. The van der Waals surface area contributed by atoms with Crippen LogP contribution in [0.3, 0.4) is 0 Å². The Labute approximate surface area is 167 Å². The molecule has 1 aliphatic heterocycles. The molecular formula is C22H28N3OS+. The molecule has 1 heterocycles. The molecule has 2 aromatic rings. The first-order valence-electron chi connectivity index (χ1n) is 9.69. The number of ketones is 1. The largest absolute Gasteiger partial charge is 0.355 e. The van der Waals surface area contributed by atoms with E-state index in [1.165, 1.54) is 0 Å². The van der Waals surface area contributed by atoms with Crippen molar-refractivity contribution in [2.75, 3.05) is 32.7 Å². The summed E-state index contributed by atoms with van der Waals surface area (Å²) >= 11 is 5.69. The second kappa shape index (κ2) is 9.62. The Hall–Kier alpha value is -2.24. The third kappa shape index (κ3) is 5.37. The predicted octanol–water partition coefficient (Wildman–Crippen LogP) is 2.10. The standard InChI is InChI=1S/C22H27N3OS/c1-2-24-13-15-25(16-14-24)22(27)23-20(18-9-5-3-6-10-18)17-21(26)19-11-7-4-8-12-19/h3-12,20H,2,13-17H2,1H3,(H,23,27)/p+1/t20-/m0/s1. The van der Waals surface area contributed by atoms with Gasteiger partial charge in [-0.15, -0.1) is 0 Å². The summed E-state index contributed by atoms with van der Waals surface area (Å²) in [7, 11) is 0. The van der Waals surface area contributed by atoms with Gasteiger partial charge in [0, 0.05) is 12.0 Å². The van der Waals surface area contributed by atoms with Gasteiger partial charge < -0.3 is 15.1 Å². The van der Waals surface area contributed by atoms with Gasteiger partial charge in [-0.25, -0.2) is 0 Å². The molecule has 0 radical (unpaired) electrons. The van der Waals surface area contributed by atoms with Crippen LogP contribution in [0.2, 0.25) is 0 Å². The molecule has 0 spiro atoms. The molecule has 1 fully saturated rings. The zero-order chi connectivity index (χ0) is 19.1. The van der Waals surface area contributed by atoms with E-state index in [2.05, 4.69) is 29.3 Å². The van der Waals surface area contributed by atoms with Gasteiger partial charge in [-0.05, 0) is 24.7 Å². The fourth-order valence-corrected chi connectivity index (χ4v) is 3.81. The normalized spacial score (nSPS) is 16.0. The van der Waals surface area contributed by atoms with Crippen LogP contribution in [0.25, 0.3) is 0 Å². The smallest absolute Gasteiger partial charge is 0.169 e. The molecule has 5 heteroatoms. The van der Waals surface area contributed by atoms with Crippen molar-refractivity contribution >= 4 is 23.1 Å². The molecule has 27 heavy (non-hydrogen) atoms. The van der Waals surface area contributed by atoms with Crippen molar-refractivity contribution in [3.8, 4) is 0 Å². The first kappa shape index (κ1) is 19.5. The van der Waals surface area contributed by atoms with Crippen LogP contribution in [0.5, 0.6) is 0 Å². The SMILES string of the molecule is CC[NH+]1CCN(C(=S)N[C@@H](CC(=O)c2ccccc2)c2ccccc2)CC1. The lowest BCUT2D eigenvalue weighted by Crippen LogP contribution is -3.14.